The van der Waals surface area contributed by atoms with Gasteiger partial charge in [0.2, 0.25) is 11.8 Å². The van der Waals surface area contributed by atoms with Gasteiger partial charge in [-0.05, 0) is 25.3 Å². The molecule has 2 rings (SSSR count). The molecule has 1 aromatic heterocycles. The van der Waals surface area contributed by atoms with E-state index in [2.05, 4.69) is 25.3 Å². The van der Waals surface area contributed by atoms with Gasteiger partial charge in [0, 0.05) is 31.9 Å². The number of carbonyl (C=O) groups excluding carboxylic acids is 1. The summed E-state index contributed by atoms with van der Waals surface area (Å²) < 4.78 is 40.9. The van der Waals surface area contributed by atoms with E-state index in [1.54, 1.807) is 6.07 Å². The van der Waals surface area contributed by atoms with Gasteiger partial charge in [0.15, 0.2) is 12.6 Å². The molecule has 0 aromatic carbocycles. The molecule has 0 unspecified atom stereocenters. The zero-order valence-electron chi connectivity index (χ0n) is 15.2. The van der Waals surface area contributed by atoms with Crippen molar-refractivity contribution in [3.8, 4) is 5.88 Å². The highest BCUT2D eigenvalue weighted by Crippen LogP contribution is 2.17. The first-order valence-corrected chi connectivity index (χ1v) is 8.82. The summed E-state index contributed by atoms with van der Waals surface area (Å²) in [5.74, 6) is 0.426. The number of alkyl halides is 3. The second kappa shape index (κ2) is 9.98. The summed E-state index contributed by atoms with van der Waals surface area (Å²) in [5.41, 5.74) is 0.706. The Labute approximate surface area is 156 Å². The monoisotopic (exact) mass is 387 g/mol. The summed E-state index contributed by atoms with van der Waals surface area (Å²) >= 11 is 0. The number of halogens is 3. The third-order valence-corrected chi connectivity index (χ3v) is 3.81. The summed E-state index contributed by atoms with van der Waals surface area (Å²) in [6.07, 6.45) is -0.914. The average molecular weight is 387 g/mol. The van der Waals surface area contributed by atoms with Gasteiger partial charge in [-0.15, -0.1) is 0 Å². The molecule has 7 nitrogen and oxygen atoms in total. The summed E-state index contributed by atoms with van der Waals surface area (Å²) in [5, 5.41) is 6.04. The van der Waals surface area contributed by atoms with E-state index < -0.39 is 12.8 Å². The lowest BCUT2D eigenvalue weighted by Gasteiger charge is -2.17. The van der Waals surface area contributed by atoms with E-state index in [0.29, 0.717) is 18.1 Å². The number of nitrogens with zero attached hydrogens (tertiary/aromatic N) is 3. The van der Waals surface area contributed by atoms with E-state index in [-0.39, 0.29) is 24.9 Å². The van der Waals surface area contributed by atoms with Crippen molar-refractivity contribution >= 4 is 11.9 Å². The number of ether oxygens (including phenoxy) is 1. The molecule has 2 N–H and O–H groups in total. The van der Waals surface area contributed by atoms with E-state index in [0.717, 1.165) is 25.9 Å². The molecule has 2 heterocycles. The fourth-order valence-corrected chi connectivity index (χ4v) is 2.50. The van der Waals surface area contributed by atoms with Crippen LogP contribution < -0.4 is 15.4 Å². The quantitative estimate of drug-likeness (QED) is 0.550. The van der Waals surface area contributed by atoms with Crippen molar-refractivity contribution < 1.29 is 22.7 Å². The van der Waals surface area contributed by atoms with Gasteiger partial charge >= 0.3 is 6.18 Å². The van der Waals surface area contributed by atoms with Gasteiger partial charge in [-0.1, -0.05) is 6.07 Å². The Hall–Kier alpha value is -2.52. The van der Waals surface area contributed by atoms with Crippen LogP contribution in [0.25, 0.3) is 0 Å². The molecule has 1 fully saturated rings. The van der Waals surface area contributed by atoms with Gasteiger partial charge in [0.25, 0.3) is 0 Å². The lowest BCUT2D eigenvalue weighted by atomic mass is 10.3. The molecule has 1 aromatic rings. The number of pyridine rings is 1. The first-order valence-electron chi connectivity index (χ1n) is 8.82. The lowest BCUT2D eigenvalue weighted by molar-refractivity contribution is -0.154. The maximum atomic E-state index is 12.1. The van der Waals surface area contributed by atoms with Gasteiger partial charge in [-0.3, -0.25) is 4.79 Å². The van der Waals surface area contributed by atoms with Crippen LogP contribution in [0.15, 0.2) is 23.3 Å². The molecule has 0 bridgehead atoms. The number of amides is 1. The molecule has 150 valence electrons. The van der Waals surface area contributed by atoms with Crippen LogP contribution in [0.5, 0.6) is 5.88 Å². The van der Waals surface area contributed by atoms with Crippen molar-refractivity contribution in [2.24, 2.45) is 4.99 Å². The molecule has 0 radical (unpaired) electrons. The highest BCUT2D eigenvalue weighted by Gasteiger charge is 2.28. The first kappa shape index (κ1) is 20.8. The molecule has 1 saturated heterocycles. The largest absolute Gasteiger partial charge is 0.468 e. The maximum absolute atomic E-state index is 12.1. The van der Waals surface area contributed by atoms with Crippen molar-refractivity contribution in [3.05, 3.63) is 23.9 Å². The fraction of sp³-hybridized carbons (Fsp3) is 0.588. The first-order chi connectivity index (χ1) is 12.9. The summed E-state index contributed by atoms with van der Waals surface area (Å²) in [6.45, 7) is 3.18. The second-order valence-corrected chi connectivity index (χ2v) is 6.05. The molecule has 27 heavy (non-hydrogen) atoms. The number of aliphatic imine (C=N–C) groups is 1. The predicted molar refractivity (Wildman–Crippen MR) is 94.4 cm³/mol. The number of hydrogen-bond acceptors (Lipinski definition) is 4. The molecule has 0 saturated carbocycles. The predicted octanol–water partition coefficient (Wildman–Crippen LogP) is 1.70. The van der Waals surface area contributed by atoms with Crippen molar-refractivity contribution in [2.75, 3.05) is 32.8 Å². The third-order valence-electron chi connectivity index (χ3n) is 3.81. The van der Waals surface area contributed by atoms with Crippen LogP contribution in [0, 0.1) is 0 Å². The number of rotatable bonds is 7. The van der Waals surface area contributed by atoms with Gasteiger partial charge in [-0.25, -0.2) is 9.98 Å². The van der Waals surface area contributed by atoms with Gasteiger partial charge in [0.05, 0.1) is 13.1 Å². The van der Waals surface area contributed by atoms with Crippen molar-refractivity contribution in [1.82, 2.24) is 20.5 Å². The van der Waals surface area contributed by atoms with Gasteiger partial charge < -0.3 is 20.3 Å². The number of hydrogen-bond donors (Lipinski definition) is 2. The topological polar surface area (TPSA) is 78.9 Å². The smallest absolute Gasteiger partial charge is 0.422 e. The van der Waals surface area contributed by atoms with E-state index in [1.165, 1.54) is 12.3 Å². The van der Waals surface area contributed by atoms with Crippen LogP contribution in [-0.4, -0.2) is 60.7 Å². The highest BCUT2D eigenvalue weighted by molar-refractivity contribution is 5.86. The van der Waals surface area contributed by atoms with Crippen molar-refractivity contribution in [2.45, 2.75) is 32.5 Å². The third kappa shape index (κ3) is 7.71. The minimum absolute atomic E-state index is 0.0333. The Morgan fingerprint density at radius 2 is 2.04 bits per heavy atom. The number of guanidine groups is 1. The molecule has 10 heteroatoms. The molecular weight excluding hydrogens is 363 g/mol. The van der Waals surface area contributed by atoms with Crippen LogP contribution in [0.1, 0.15) is 25.3 Å². The minimum Gasteiger partial charge on any atom is -0.468 e. The van der Waals surface area contributed by atoms with E-state index >= 15 is 0 Å². The molecule has 1 aliphatic heterocycles. The zero-order chi connectivity index (χ0) is 19.7. The maximum Gasteiger partial charge on any atom is 0.422 e. The Kier molecular flexibility index (Phi) is 7.68. The number of aromatic nitrogens is 1. The van der Waals surface area contributed by atoms with E-state index in [9.17, 15) is 18.0 Å². The van der Waals surface area contributed by atoms with Crippen LogP contribution in [0.2, 0.25) is 0 Å². The molecule has 0 aliphatic carbocycles. The van der Waals surface area contributed by atoms with Crippen LogP contribution >= 0.6 is 0 Å². The van der Waals surface area contributed by atoms with Crippen molar-refractivity contribution in [1.29, 1.82) is 0 Å². The fourth-order valence-electron chi connectivity index (χ4n) is 2.50. The van der Waals surface area contributed by atoms with E-state index in [4.69, 9.17) is 0 Å². The molecular formula is C17H24F3N5O2. The van der Waals surface area contributed by atoms with Gasteiger partial charge in [0.1, 0.15) is 0 Å². The van der Waals surface area contributed by atoms with Crippen molar-refractivity contribution in [3.63, 3.8) is 0 Å². The Bertz CT molecular complexity index is 628. The number of carbonyl (C=O) groups is 1. The van der Waals surface area contributed by atoms with Crippen LogP contribution in [0.4, 0.5) is 13.2 Å². The molecule has 1 amide bonds. The SMILES string of the molecule is CCNC(=NCc1ccc(OCC(F)(F)F)nc1)NCC(=O)N1CCCC1. The molecule has 0 spiro atoms. The Balaban J connectivity index is 1.84. The highest BCUT2D eigenvalue weighted by atomic mass is 19.4. The van der Waals surface area contributed by atoms with Crippen LogP contribution in [0.3, 0.4) is 0 Å². The second-order valence-electron chi connectivity index (χ2n) is 6.05. The standard InChI is InChI=1S/C17H24F3N5O2/c1-2-21-16(24-11-15(26)25-7-3-4-8-25)23-10-13-5-6-14(22-9-13)27-12-17(18,19)20/h5-6,9H,2-4,7-8,10-12H2,1H3,(H2,21,23,24). The summed E-state index contributed by atoms with van der Waals surface area (Å²) in [6, 6.07) is 2.97. The normalized spacial score (nSPS) is 15.0. The van der Waals surface area contributed by atoms with Crippen LogP contribution in [-0.2, 0) is 11.3 Å². The molecule has 1 aliphatic rings. The Morgan fingerprint density at radius 1 is 1.30 bits per heavy atom. The zero-order valence-corrected chi connectivity index (χ0v) is 15.2. The minimum atomic E-state index is -4.40. The average Bonchev–Trinajstić information content (AvgIpc) is 3.17. The lowest BCUT2D eigenvalue weighted by Crippen LogP contribution is -2.44. The summed E-state index contributed by atoms with van der Waals surface area (Å²) in [7, 11) is 0. The Morgan fingerprint density at radius 3 is 2.63 bits per heavy atom. The van der Waals surface area contributed by atoms with E-state index in [1.807, 2.05) is 11.8 Å². The summed E-state index contributed by atoms with van der Waals surface area (Å²) in [4.78, 5) is 22.1. The molecule has 0 atom stereocenters. The number of nitrogens with one attached hydrogen (secondary N) is 2. The number of likely N-dealkylation sites (tertiary alicyclic amines) is 1. The van der Waals surface area contributed by atoms with Gasteiger partial charge in [-0.2, -0.15) is 13.2 Å².